The lowest BCUT2D eigenvalue weighted by molar-refractivity contribution is 0.383. The minimum absolute atomic E-state index is 0.147. The van der Waals surface area contributed by atoms with Crippen LogP contribution in [0.5, 0.6) is 5.75 Å². The summed E-state index contributed by atoms with van der Waals surface area (Å²) < 4.78 is 5.68. The molecule has 0 radical (unpaired) electrons. The van der Waals surface area contributed by atoms with Crippen LogP contribution in [0.15, 0.2) is 33.5 Å². The Morgan fingerprint density at radius 1 is 1.20 bits per heavy atom. The quantitative estimate of drug-likeness (QED) is 0.802. The number of aromatic hydroxyl groups is 1. The molecule has 0 unspecified atom stereocenters. The molecule has 4 nitrogen and oxygen atoms in total. The Morgan fingerprint density at radius 3 is 2.68 bits per heavy atom. The molecule has 1 aliphatic carbocycles. The Bertz CT molecular complexity index is 794. The van der Waals surface area contributed by atoms with Gasteiger partial charge in [-0.1, -0.05) is 38.3 Å². The van der Waals surface area contributed by atoms with Crippen LogP contribution in [0.4, 0.5) is 5.69 Å². The number of aryl methyl sites for hydroxylation is 1. The summed E-state index contributed by atoms with van der Waals surface area (Å²) in [4.78, 5) is 12.7. The van der Waals surface area contributed by atoms with Crippen LogP contribution in [0.25, 0.3) is 0 Å². The first-order valence-corrected chi connectivity index (χ1v) is 9.35. The molecule has 3 rings (SSSR count). The van der Waals surface area contributed by atoms with E-state index in [9.17, 15) is 9.90 Å². The van der Waals surface area contributed by atoms with Gasteiger partial charge in [0.05, 0.1) is 5.56 Å². The molecule has 1 atom stereocenters. The van der Waals surface area contributed by atoms with E-state index in [1.807, 2.05) is 24.3 Å². The number of benzene rings is 1. The molecule has 0 fully saturated rings. The normalized spacial score (nSPS) is 15.9. The molecule has 0 spiro atoms. The van der Waals surface area contributed by atoms with Gasteiger partial charge in [0.1, 0.15) is 11.5 Å². The van der Waals surface area contributed by atoms with E-state index in [-0.39, 0.29) is 11.7 Å². The topological polar surface area (TPSA) is 76.5 Å². The fourth-order valence-electron chi connectivity index (χ4n) is 3.87. The van der Waals surface area contributed by atoms with Crippen LogP contribution in [-0.2, 0) is 12.8 Å². The van der Waals surface area contributed by atoms with Gasteiger partial charge >= 0.3 is 5.63 Å². The van der Waals surface area contributed by atoms with Crippen LogP contribution < -0.4 is 11.4 Å². The molecule has 134 valence electrons. The molecule has 1 heterocycles. The summed E-state index contributed by atoms with van der Waals surface area (Å²) in [7, 11) is 0. The smallest absolute Gasteiger partial charge is 0.343 e. The molecule has 3 N–H and O–H groups in total. The van der Waals surface area contributed by atoms with Gasteiger partial charge in [-0.2, -0.15) is 0 Å². The van der Waals surface area contributed by atoms with Crippen LogP contribution in [0, 0.1) is 0 Å². The lowest BCUT2D eigenvalue weighted by Crippen LogP contribution is -2.18. The minimum atomic E-state index is -0.405. The summed E-state index contributed by atoms with van der Waals surface area (Å²) in [5.41, 5.74) is 8.37. The lowest BCUT2D eigenvalue weighted by Gasteiger charge is -2.21. The molecule has 25 heavy (non-hydrogen) atoms. The second-order valence-electron chi connectivity index (χ2n) is 6.98. The zero-order valence-corrected chi connectivity index (χ0v) is 14.9. The lowest BCUT2D eigenvalue weighted by atomic mass is 9.85. The molecule has 0 saturated carbocycles. The molecular weight excluding hydrogens is 314 g/mol. The number of hydrogen-bond donors (Lipinski definition) is 2. The number of rotatable bonds is 4. The molecule has 0 bridgehead atoms. The Kier molecular flexibility index (Phi) is 5.47. The molecule has 1 aromatic heterocycles. The first-order chi connectivity index (χ1) is 12.1. The van der Waals surface area contributed by atoms with Gasteiger partial charge in [0.2, 0.25) is 0 Å². The zero-order valence-electron chi connectivity index (χ0n) is 14.9. The van der Waals surface area contributed by atoms with Crippen molar-refractivity contribution < 1.29 is 9.52 Å². The SMILES string of the molecule is CCC[C@@H](c1cccc(N)c1)c1c(O)c2c(oc1=O)CCCCCC2. The van der Waals surface area contributed by atoms with Crippen LogP contribution in [0.2, 0.25) is 0 Å². The summed E-state index contributed by atoms with van der Waals surface area (Å²) >= 11 is 0. The standard InChI is InChI=1S/C21H27NO3/c1-2-8-16(14-9-7-10-15(22)13-14)19-20(23)17-11-5-3-4-6-12-18(17)25-21(19)24/h7,9-10,13,16,23H,2-6,8,11-12,22H2,1H3/t16-/m0/s1. The highest BCUT2D eigenvalue weighted by Gasteiger charge is 2.26. The van der Waals surface area contributed by atoms with Crippen molar-refractivity contribution >= 4 is 5.69 Å². The van der Waals surface area contributed by atoms with Gasteiger partial charge in [-0.15, -0.1) is 0 Å². The van der Waals surface area contributed by atoms with Crippen LogP contribution >= 0.6 is 0 Å². The van der Waals surface area contributed by atoms with E-state index in [0.29, 0.717) is 17.0 Å². The molecule has 4 heteroatoms. The molecule has 0 aliphatic heterocycles. The average molecular weight is 341 g/mol. The number of hydrogen-bond acceptors (Lipinski definition) is 4. The predicted octanol–water partition coefficient (Wildman–Crippen LogP) is 4.52. The molecule has 2 aromatic rings. The van der Waals surface area contributed by atoms with Gasteiger partial charge in [-0.25, -0.2) is 4.79 Å². The molecule has 0 amide bonds. The van der Waals surface area contributed by atoms with Crippen molar-refractivity contribution in [1.29, 1.82) is 0 Å². The number of nitrogens with two attached hydrogens (primary N) is 1. The van der Waals surface area contributed by atoms with Crippen molar-refractivity contribution in [2.24, 2.45) is 0 Å². The Hall–Kier alpha value is -2.23. The van der Waals surface area contributed by atoms with Gasteiger partial charge in [0.25, 0.3) is 0 Å². The van der Waals surface area contributed by atoms with Crippen molar-refractivity contribution in [1.82, 2.24) is 0 Å². The molecule has 1 aromatic carbocycles. The summed E-state index contributed by atoms with van der Waals surface area (Å²) in [5.74, 6) is 0.628. The van der Waals surface area contributed by atoms with E-state index in [2.05, 4.69) is 6.92 Å². The highest BCUT2D eigenvalue weighted by Crippen LogP contribution is 2.37. The predicted molar refractivity (Wildman–Crippen MR) is 100 cm³/mol. The van der Waals surface area contributed by atoms with Crippen molar-refractivity contribution in [2.45, 2.75) is 64.2 Å². The maximum atomic E-state index is 12.7. The third kappa shape index (κ3) is 3.73. The fourth-order valence-corrected chi connectivity index (χ4v) is 3.87. The van der Waals surface area contributed by atoms with Crippen molar-refractivity contribution in [2.75, 3.05) is 5.73 Å². The van der Waals surface area contributed by atoms with Crippen molar-refractivity contribution in [3.63, 3.8) is 0 Å². The third-order valence-electron chi connectivity index (χ3n) is 5.13. The highest BCUT2D eigenvalue weighted by atomic mass is 16.4. The highest BCUT2D eigenvalue weighted by molar-refractivity contribution is 5.49. The third-order valence-corrected chi connectivity index (χ3v) is 5.13. The minimum Gasteiger partial charge on any atom is -0.507 e. The van der Waals surface area contributed by atoms with E-state index in [1.54, 1.807) is 0 Å². The second-order valence-corrected chi connectivity index (χ2v) is 6.98. The van der Waals surface area contributed by atoms with E-state index in [1.165, 1.54) is 0 Å². The largest absolute Gasteiger partial charge is 0.507 e. The van der Waals surface area contributed by atoms with E-state index >= 15 is 0 Å². The Morgan fingerprint density at radius 2 is 1.96 bits per heavy atom. The number of fused-ring (bicyclic) bond motifs is 1. The van der Waals surface area contributed by atoms with E-state index in [0.717, 1.165) is 62.5 Å². The maximum Gasteiger partial charge on any atom is 0.343 e. The Balaban J connectivity index is 2.13. The zero-order chi connectivity index (χ0) is 17.8. The van der Waals surface area contributed by atoms with E-state index in [4.69, 9.17) is 10.2 Å². The number of anilines is 1. The maximum absolute atomic E-state index is 12.7. The average Bonchev–Trinajstić information content (AvgIpc) is 2.56. The Labute approximate surface area is 148 Å². The van der Waals surface area contributed by atoms with Gasteiger partial charge in [-0.05, 0) is 43.4 Å². The van der Waals surface area contributed by atoms with Gasteiger partial charge in [-0.3, -0.25) is 0 Å². The van der Waals surface area contributed by atoms with Crippen molar-refractivity contribution in [3.8, 4) is 5.75 Å². The summed E-state index contributed by atoms with van der Waals surface area (Å²) in [6.07, 6.45) is 7.49. The summed E-state index contributed by atoms with van der Waals surface area (Å²) in [5, 5.41) is 11.0. The summed E-state index contributed by atoms with van der Waals surface area (Å²) in [6, 6.07) is 7.57. The van der Waals surface area contributed by atoms with Gasteiger partial charge < -0.3 is 15.3 Å². The fraction of sp³-hybridized carbons (Fsp3) is 0.476. The van der Waals surface area contributed by atoms with Crippen molar-refractivity contribution in [3.05, 3.63) is 57.1 Å². The number of nitrogen functional groups attached to an aromatic ring is 1. The van der Waals surface area contributed by atoms with Crippen LogP contribution in [0.1, 0.15) is 73.8 Å². The first-order valence-electron chi connectivity index (χ1n) is 9.35. The first kappa shape index (κ1) is 17.6. The molecule has 1 aliphatic rings. The van der Waals surface area contributed by atoms with Gasteiger partial charge in [0, 0.05) is 23.6 Å². The monoisotopic (exact) mass is 341 g/mol. The molecule has 0 saturated heterocycles. The van der Waals surface area contributed by atoms with E-state index < -0.39 is 5.63 Å². The van der Waals surface area contributed by atoms with Crippen LogP contribution in [0.3, 0.4) is 0 Å². The second kappa shape index (κ2) is 7.77. The summed E-state index contributed by atoms with van der Waals surface area (Å²) in [6.45, 7) is 2.07. The molecular formula is C21H27NO3. The van der Waals surface area contributed by atoms with Crippen LogP contribution in [-0.4, -0.2) is 5.11 Å². The van der Waals surface area contributed by atoms with Gasteiger partial charge in [0.15, 0.2) is 0 Å².